The molecule has 1 heterocycles. The number of anilines is 2. The zero-order chi connectivity index (χ0) is 13.8. The van der Waals surface area contributed by atoms with E-state index in [1.165, 1.54) is 17.4 Å². The minimum atomic E-state index is -0.189. The van der Waals surface area contributed by atoms with E-state index in [2.05, 4.69) is 10.3 Å². The van der Waals surface area contributed by atoms with Crippen LogP contribution in [0.1, 0.15) is 16.1 Å². The fourth-order valence-electron chi connectivity index (χ4n) is 1.45. The Morgan fingerprint density at radius 1 is 1.32 bits per heavy atom. The van der Waals surface area contributed by atoms with E-state index in [-0.39, 0.29) is 5.91 Å². The van der Waals surface area contributed by atoms with Gasteiger partial charge in [-0.15, -0.1) is 11.3 Å². The fourth-order valence-corrected chi connectivity index (χ4v) is 2.27. The summed E-state index contributed by atoms with van der Waals surface area (Å²) in [6.45, 7) is 3.90. The summed E-state index contributed by atoms with van der Waals surface area (Å²) in [6, 6.07) is 7.31. The molecule has 0 aliphatic rings. The third kappa shape index (κ3) is 3.66. The van der Waals surface area contributed by atoms with Crippen molar-refractivity contribution in [1.29, 1.82) is 0 Å². The van der Waals surface area contributed by atoms with Crippen molar-refractivity contribution in [2.75, 3.05) is 11.1 Å². The first-order chi connectivity index (χ1) is 9.04. The van der Waals surface area contributed by atoms with Crippen LogP contribution in [0.15, 0.2) is 30.3 Å². The molecule has 0 saturated heterocycles. The van der Waals surface area contributed by atoms with Crippen LogP contribution in [0.2, 0.25) is 0 Å². The minimum Gasteiger partial charge on any atom is -0.399 e. The summed E-state index contributed by atoms with van der Waals surface area (Å²) in [4.78, 5) is 17.1. The molecule has 2 rings (SSSR count). The van der Waals surface area contributed by atoms with Gasteiger partial charge in [0.05, 0.1) is 5.69 Å². The van der Waals surface area contributed by atoms with E-state index >= 15 is 0 Å². The maximum Gasteiger partial charge on any atom is 0.250 e. The molecule has 3 N–H and O–H groups in total. The third-order valence-corrected chi connectivity index (χ3v) is 3.61. The molecule has 5 heteroatoms. The van der Waals surface area contributed by atoms with Gasteiger partial charge < -0.3 is 5.73 Å². The topological polar surface area (TPSA) is 68.0 Å². The molecule has 4 nitrogen and oxygen atoms in total. The van der Waals surface area contributed by atoms with Gasteiger partial charge in [0, 0.05) is 16.6 Å². The standard InChI is InChI=1S/C14H15N3OS/c1-9-10(2)19-14(16-9)17-13(18)8-5-11-3-6-12(15)7-4-11/h3-8H,15H2,1-2H3,(H,16,17,18)/b8-5+. The summed E-state index contributed by atoms with van der Waals surface area (Å²) < 4.78 is 0. The number of carbonyl (C=O) groups is 1. The van der Waals surface area contributed by atoms with Crippen molar-refractivity contribution in [2.45, 2.75) is 13.8 Å². The van der Waals surface area contributed by atoms with Gasteiger partial charge in [0.2, 0.25) is 5.91 Å². The molecule has 0 radical (unpaired) electrons. The molecule has 2 aromatic rings. The van der Waals surface area contributed by atoms with E-state index in [0.717, 1.165) is 16.1 Å². The third-order valence-electron chi connectivity index (χ3n) is 2.62. The van der Waals surface area contributed by atoms with E-state index in [1.54, 1.807) is 18.2 Å². The summed E-state index contributed by atoms with van der Waals surface area (Å²) in [5.74, 6) is -0.189. The second-order valence-electron chi connectivity index (χ2n) is 4.15. The van der Waals surface area contributed by atoms with Gasteiger partial charge in [-0.1, -0.05) is 12.1 Å². The smallest absolute Gasteiger partial charge is 0.250 e. The highest BCUT2D eigenvalue weighted by Gasteiger charge is 2.05. The zero-order valence-corrected chi connectivity index (χ0v) is 11.6. The van der Waals surface area contributed by atoms with Crippen LogP contribution >= 0.6 is 11.3 Å². The van der Waals surface area contributed by atoms with Crippen molar-refractivity contribution in [3.63, 3.8) is 0 Å². The average Bonchev–Trinajstić information content (AvgIpc) is 2.67. The Kier molecular flexibility index (Phi) is 3.97. The van der Waals surface area contributed by atoms with Gasteiger partial charge in [0.1, 0.15) is 0 Å². The maximum absolute atomic E-state index is 11.7. The molecule has 19 heavy (non-hydrogen) atoms. The molecule has 0 saturated carbocycles. The van der Waals surface area contributed by atoms with Gasteiger partial charge >= 0.3 is 0 Å². The van der Waals surface area contributed by atoms with Crippen molar-refractivity contribution in [1.82, 2.24) is 4.98 Å². The number of nitrogens with two attached hydrogens (primary N) is 1. The molecule has 0 spiro atoms. The second kappa shape index (κ2) is 5.67. The van der Waals surface area contributed by atoms with Crippen LogP contribution in [0.4, 0.5) is 10.8 Å². The van der Waals surface area contributed by atoms with Crippen molar-refractivity contribution < 1.29 is 4.79 Å². The molecule has 0 fully saturated rings. The molecule has 0 unspecified atom stereocenters. The quantitative estimate of drug-likeness (QED) is 0.667. The van der Waals surface area contributed by atoms with Crippen LogP contribution in [-0.4, -0.2) is 10.9 Å². The first kappa shape index (κ1) is 13.3. The summed E-state index contributed by atoms with van der Waals surface area (Å²) >= 11 is 1.47. The SMILES string of the molecule is Cc1nc(NC(=O)/C=C/c2ccc(N)cc2)sc1C. The zero-order valence-electron chi connectivity index (χ0n) is 10.8. The van der Waals surface area contributed by atoms with Gasteiger partial charge in [0.25, 0.3) is 0 Å². The Hall–Kier alpha value is -2.14. The Morgan fingerprint density at radius 3 is 2.58 bits per heavy atom. The Morgan fingerprint density at radius 2 is 2.00 bits per heavy atom. The molecule has 98 valence electrons. The van der Waals surface area contributed by atoms with Crippen molar-refractivity contribution in [3.05, 3.63) is 46.5 Å². The number of amides is 1. The van der Waals surface area contributed by atoms with Crippen molar-refractivity contribution >= 4 is 34.1 Å². The highest BCUT2D eigenvalue weighted by molar-refractivity contribution is 7.15. The van der Waals surface area contributed by atoms with Gasteiger partial charge in [-0.25, -0.2) is 4.98 Å². The Labute approximate surface area is 116 Å². The van der Waals surface area contributed by atoms with Crippen LogP contribution in [0.5, 0.6) is 0 Å². The largest absolute Gasteiger partial charge is 0.399 e. The fraction of sp³-hybridized carbons (Fsp3) is 0.143. The van der Waals surface area contributed by atoms with E-state index in [9.17, 15) is 4.79 Å². The summed E-state index contributed by atoms with van der Waals surface area (Å²) in [7, 11) is 0. The normalized spacial score (nSPS) is 10.8. The number of nitrogen functional groups attached to an aromatic ring is 1. The number of carbonyl (C=O) groups excluding carboxylic acids is 1. The van der Waals surface area contributed by atoms with Gasteiger partial charge in [0.15, 0.2) is 5.13 Å². The number of rotatable bonds is 3. The number of aryl methyl sites for hydroxylation is 2. The van der Waals surface area contributed by atoms with Gasteiger partial charge in [-0.05, 0) is 37.6 Å². The van der Waals surface area contributed by atoms with Crippen LogP contribution in [0.25, 0.3) is 6.08 Å². The Balaban J connectivity index is 1.99. The summed E-state index contributed by atoms with van der Waals surface area (Å²) in [6.07, 6.45) is 3.22. The number of aromatic nitrogens is 1. The predicted molar refractivity (Wildman–Crippen MR) is 80.1 cm³/mol. The first-order valence-electron chi connectivity index (χ1n) is 5.83. The predicted octanol–water partition coefficient (Wildman–Crippen LogP) is 2.99. The number of benzene rings is 1. The lowest BCUT2D eigenvalue weighted by atomic mass is 10.2. The van der Waals surface area contributed by atoms with Crippen molar-refractivity contribution in [2.24, 2.45) is 0 Å². The monoisotopic (exact) mass is 273 g/mol. The van der Waals surface area contributed by atoms with Crippen molar-refractivity contribution in [3.8, 4) is 0 Å². The molecule has 1 amide bonds. The van der Waals surface area contributed by atoms with Crippen LogP contribution in [0.3, 0.4) is 0 Å². The van der Waals surface area contributed by atoms with E-state index in [4.69, 9.17) is 5.73 Å². The number of hydrogen-bond acceptors (Lipinski definition) is 4. The van der Waals surface area contributed by atoms with E-state index < -0.39 is 0 Å². The Bertz CT molecular complexity index is 595. The van der Waals surface area contributed by atoms with Crippen LogP contribution in [-0.2, 0) is 4.79 Å². The number of nitrogens with one attached hydrogen (secondary N) is 1. The maximum atomic E-state index is 11.7. The van der Waals surface area contributed by atoms with Crippen LogP contribution < -0.4 is 11.1 Å². The lowest BCUT2D eigenvalue weighted by Crippen LogP contribution is -2.07. The van der Waals surface area contributed by atoms with Gasteiger partial charge in [-0.2, -0.15) is 0 Å². The van der Waals surface area contributed by atoms with Gasteiger partial charge in [-0.3, -0.25) is 10.1 Å². The number of thiazole rings is 1. The van der Waals surface area contributed by atoms with Crippen LogP contribution in [0, 0.1) is 13.8 Å². The summed E-state index contributed by atoms with van der Waals surface area (Å²) in [5, 5.41) is 3.37. The first-order valence-corrected chi connectivity index (χ1v) is 6.65. The highest BCUT2D eigenvalue weighted by Crippen LogP contribution is 2.20. The molecule has 0 bridgehead atoms. The molecule has 1 aromatic carbocycles. The molecular weight excluding hydrogens is 258 g/mol. The summed E-state index contributed by atoms with van der Waals surface area (Å²) in [5.41, 5.74) is 8.17. The minimum absolute atomic E-state index is 0.189. The highest BCUT2D eigenvalue weighted by atomic mass is 32.1. The van der Waals surface area contributed by atoms with E-state index in [1.807, 2.05) is 26.0 Å². The molecule has 0 atom stereocenters. The second-order valence-corrected chi connectivity index (χ2v) is 5.35. The molecule has 0 aliphatic carbocycles. The average molecular weight is 273 g/mol. The lowest BCUT2D eigenvalue weighted by Gasteiger charge is -1.96. The molecular formula is C14H15N3OS. The number of nitrogens with zero attached hydrogens (tertiary/aromatic N) is 1. The molecule has 0 aliphatic heterocycles. The van der Waals surface area contributed by atoms with E-state index in [0.29, 0.717) is 10.8 Å². The number of hydrogen-bond donors (Lipinski definition) is 2. The lowest BCUT2D eigenvalue weighted by molar-refractivity contribution is -0.111. The molecule has 1 aromatic heterocycles.